The Balaban J connectivity index is 2.17. The van der Waals surface area contributed by atoms with E-state index in [0.29, 0.717) is 12.0 Å². The van der Waals surface area contributed by atoms with Gasteiger partial charge in [0.1, 0.15) is 5.82 Å². The summed E-state index contributed by atoms with van der Waals surface area (Å²) in [4.78, 5) is 10.2. The van der Waals surface area contributed by atoms with Gasteiger partial charge < -0.3 is 10.7 Å². The molecule has 1 atom stereocenters. The number of aromatic amines is 1. The molecule has 0 saturated carbocycles. The van der Waals surface area contributed by atoms with Crippen molar-refractivity contribution >= 4 is 16.7 Å². The molecule has 0 aliphatic heterocycles. The number of H-pyrrole nitrogens is 1. The Hall–Kier alpha value is -1.55. The zero-order chi connectivity index (χ0) is 13.3. The van der Waals surface area contributed by atoms with Crippen LogP contribution in [0.1, 0.15) is 26.6 Å². The molecular weight excluding hydrogens is 224 g/mol. The van der Waals surface area contributed by atoms with Gasteiger partial charge in [0.05, 0.1) is 17.6 Å². The van der Waals surface area contributed by atoms with E-state index in [2.05, 4.69) is 42.7 Å². The first kappa shape index (κ1) is 12.9. The van der Waals surface area contributed by atoms with Crippen molar-refractivity contribution in [2.24, 2.45) is 5.92 Å². The summed E-state index contributed by atoms with van der Waals surface area (Å²) in [6.07, 6.45) is 0. The Morgan fingerprint density at radius 1 is 1.33 bits per heavy atom. The lowest BCUT2D eigenvalue weighted by atomic mass is 10.1. The summed E-state index contributed by atoms with van der Waals surface area (Å²) < 4.78 is 0. The van der Waals surface area contributed by atoms with E-state index in [1.165, 1.54) is 0 Å². The second-order valence-corrected chi connectivity index (χ2v) is 5.36. The van der Waals surface area contributed by atoms with Crippen LogP contribution in [0.15, 0.2) is 18.2 Å². The van der Waals surface area contributed by atoms with Gasteiger partial charge in [-0.1, -0.05) is 13.8 Å². The molecule has 0 bridgehead atoms. The third-order valence-corrected chi connectivity index (χ3v) is 3.61. The average Bonchev–Trinajstić information content (AvgIpc) is 2.68. The maximum atomic E-state index is 5.76. The highest BCUT2D eigenvalue weighted by atomic mass is 15.2. The summed E-state index contributed by atoms with van der Waals surface area (Å²) >= 11 is 0. The zero-order valence-corrected chi connectivity index (χ0v) is 11.6. The summed E-state index contributed by atoms with van der Waals surface area (Å²) in [6.45, 7) is 7.54. The number of nitrogens with zero attached hydrogens (tertiary/aromatic N) is 2. The fourth-order valence-corrected chi connectivity index (χ4v) is 2.04. The van der Waals surface area contributed by atoms with E-state index < -0.39 is 0 Å². The lowest BCUT2D eigenvalue weighted by molar-refractivity contribution is 0.197. The molecule has 2 rings (SSSR count). The number of imidazole rings is 1. The maximum absolute atomic E-state index is 5.76. The van der Waals surface area contributed by atoms with E-state index in [0.717, 1.165) is 29.1 Å². The van der Waals surface area contributed by atoms with Crippen molar-refractivity contribution in [1.82, 2.24) is 14.9 Å². The van der Waals surface area contributed by atoms with Crippen LogP contribution in [0.25, 0.3) is 11.0 Å². The van der Waals surface area contributed by atoms with Crippen LogP contribution in [0.4, 0.5) is 5.69 Å². The van der Waals surface area contributed by atoms with Gasteiger partial charge in [-0.15, -0.1) is 0 Å². The Morgan fingerprint density at radius 3 is 2.72 bits per heavy atom. The highest BCUT2D eigenvalue weighted by Crippen LogP contribution is 2.17. The second-order valence-electron chi connectivity index (χ2n) is 5.36. The Kier molecular flexibility index (Phi) is 3.57. The van der Waals surface area contributed by atoms with Gasteiger partial charge in [-0.25, -0.2) is 4.98 Å². The molecule has 1 heterocycles. The smallest absolute Gasteiger partial charge is 0.121 e. The maximum Gasteiger partial charge on any atom is 0.121 e. The van der Waals surface area contributed by atoms with E-state index in [1.807, 2.05) is 18.2 Å². The first-order chi connectivity index (χ1) is 8.47. The quantitative estimate of drug-likeness (QED) is 0.815. The number of nitrogens with one attached hydrogen (secondary N) is 1. The monoisotopic (exact) mass is 246 g/mol. The first-order valence-electron chi connectivity index (χ1n) is 6.41. The average molecular weight is 246 g/mol. The molecule has 0 amide bonds. The normalized spacial score (nSPS) is 13.7. The van der Waals surface area contributed by atoms with Crippen LogP contribution in [0.3, 0.4) is 0 Å². The van der Waals surface area contributed by atoms with Crippen molar-refractivity contribution < 1.29 is 0 Å². The minimum absolute atomic E-state index is 0.531. The van der Waals surface area contributed by atoms with Crippen LogP contribution in [-0.2, 0) is 6.54 Å². The SMILES string of the molecule is CC(C)C(C)N(C)Cc1nc2ccc(N)cc2[nH]1. The molecule has 0 aliphatic carbocycles. The number of aromatic nitrogens is 2. The summed E-state index contributed by atoms with van der Waals surface area (Å²) in [5, 5.41) is 0. The lowest BCUT2D eigenvalue weighted by Gasteiger charge is -2.26. The number of rotatable bonds is 4. The van der Waals surface area contributed by atoms with Crippen LogP contribution in [0, 0.1) is 5.92 Å². The van der Waals surface area contributed by atoms with Gasteiger partial charge >= 0.3 is 0 Å². The van der Waals surface area contributed by atoms with Gasteiger partial charge in [0.2, 0.25) is 0 Å². The Labute approximate surface area is 108 Å². The summed E-state index contributed by atoms with van der Waals surface area (Å²) in [5.74, 6) is 1.63. The van der Waals surface area contributed by atoms with E-state index in [1.54, 1.807) is 0 Å². The van der Waals surface area contributed by atoms with Gasteiger partial charge in [-0.2, -0.15) is 0 Å². The molecular formula is C14H22N4. The molecule has 0 saturated heterocycles. The molecule has 1 aromatic carbocycles. The van der Waals surface area contributed by atoms with Gasteiger partial charge in [0.15, 0.2) is 0 Å². The fourth-order valence-electron chi connectivity index (χ4n) is 2.04. The summed E-state index contributed by atoms with van der Waals surface area (Å²) in [6, 6.07) is 6.30. The number of anilines is 1. The van der Waals surface area contributed by atoms with E-state index in [-0.39, 0.29) is 0 Å². The molecule has 0 aliphatic rings. The van der Waals surface area contributed by atoms with E-state index in [4.69, 9.17) is 5.73 Å². The molecule has 1 aromatic heterocycles. The third-order valence-electron chi connectivity index (χ3n) is 3.61. The largest absolute Gasteiger partial charge is 0.399 e. The predicted molar refractivity (Wildman–Crippen MR) is 76.3 cm³/mol. The van der Waals surface area contributed by atoms with Crippen LogP contribution in [0.5, 0.6) is 0 Å². The van der Waals surface area contributed by atoms with Crippen LogP contribution in [0.2, 0.25) is 0 Å². The molecule has 4 heteroatoms. The molecule has 18 heavy (non-hydrogen) atoms. The highest BCUT2D eigenvalue weighted by Gasteiger charge is 2.14. The molecule has 98 valence electrons. The minimum atomic E-state index is 0.531. The third kappa shape index (κ3) is 2.64. The molecule has 0 radical (unpaired) electrons. The number of hydrogen-bond acceptors (Lipinski definition) is 3. The highest BCUT2D eigenvalue weighted by molar-refractivity contribution is 5.78. The van der Waals surface area contributed by atoms with Crippen molar-refractivity contribution in [3.8, 4) is 0 Å². The number of nitrogen functional groups attached to an aromatic ring is 1. The van der Waals surface area contributed by atoms with Gasteiger partial charge in [0, 0.05) is 11.7 Å². The molecule has 0 spiro atoms. The number of fused-ring (bicyclic) bond motifs is 1. The lowest BCUT2D eigenvalue weighted by Crippen LogP contribution is -2.33. The summed E-state index contributed by atoms with van der Waals surface area (Å²) in [7, 11) is 2.13. The first-order valence-corrected chi connectivity index (χ1v) is 6.41. The van der Waals surface area contributed by atoms with Gasteiger partial charge in [-0.3, -0.25) is 4.90 Å². The van der Waals surface area contributed by atoms with Gasteiger partial charge in [0.25, 0.3) is 0 Å². The van der Waals surface area contributed by atoms with Gasteiger partial charge in [-0.05, 0) is 38.1 Å². The number of hydrogen-bond donors (Lipinski definition) is 2. The zero-order valence-electron chi connectivity index (χ0n) is 11.6. The Morgan fingerprint density at radius 2 is 2.06 bits per heavy atom. The van der Waals surface area contributed by atoms with Crippen molar-refractivity contribution in [2.45, 2.75) is 33.4 Å². The van der Waals surface area contributed by atoms with Crippen LogP contribution < -0.4 is 5.73 Å². The molecule has 1 unspecified atom stereocenters. The van der Waals surface area contributed by atoms with E-state index in [9.17, 15) is 0 Å². The Bertz CT molecular complexity index is 530. The number of nitrogens with two attached hydrogens (primary N) is 1. The fraction of sp³-hybridized carbons (Fsp3) is 0.500. The second kappa shape index (κ2) is 4.98. The molecule has 0 fully saturated rings. The molecule has 4 nitrogen and oxygen atoms in total. The topological polar surface area (TPSA) is 57.9 Å². The number of benzene rings is 1. The van der Waals surface area contributed by atoms with Crippen LogP contribution >= 0.6 is 0 Å². The van der Waals surface area contributed by atoms with Crippen LogP contribution in [-0.4, -0.2) is 28.0 Å². The van der Waals surface area contributed by atoms with Crippen molar-refractivity contribution in [3.63, 3.8) is 0 Å². The predicted octanol–water partition coefficient (Wildman–Crippen LogP) is 2.62. The minimum Gasteiger partial charge on any atom is -0.399 e. The van der Waals surface area contributed by atoms with E-state index >= 15 is 0 Å². The summed E-state index contributed by atoms with van der Waals surface area (Å²) in [5.41, 5.74) is 8.52. The van der Waals surface area contributed by atoms with Crippen molar-refractivity contribution in [3.05, 3.63) is 24.0 Å². The van der Waals surface area contributed by atoms with Crippen molar-refractivity contribution in [2.75, 3.05) is 12.8 Å². The van der Waals surface area contributed by atoms with Crippen molar-refractivity contribution in [1.29, 1.82) is 0 Å². The molecule has 3 N–H and O–H groups in total. The molecule has 2 aromatic rings. The standard InChI is InChI=1S/C14H22N4/c1-9(2)10(3)18(4)8-14-16-12-6-5-11(15)7-13(12)17-14/h5-7,9-10H,8,15H2,1-4H3,(H,16,17).